The Hall–Kier alpha value is -2.32. The zero-order valence-electron chi connectivity index (χ0n) is 13.7. The first-order valence-electron chi connectivity index (χ1n) is 7.92. The number of hydrogen-bond acceptors (Lipinski definition) is 6. The van der Waals surface area contributed by atoms with Crippen molar-refractivity contribution in [2.75, 3.05) is 31.2 Å². The first kappa shape index (κ1) is 17.5. The van der Waals surface area contributed by atoms with Gasteiger partial charge < -0.3 is 19.8 Å². The van der Waals surface area contributed by atoms with Gasteiger partial charge in [0, 0.05) is 24.2 Å². The average Bonchev–Trinajstić information content (AvgIpc) is 2.61. The number of aromatic hydroxyl groups is 1. The molecule has 0 saturated carbocycles. The first-order valence-corrected chi connectivity index (χ1v) is 7.92. The third-order valence-corrected chi connectivity index (χ3v) is 4.12. The number of benzene rings is 1. The second-order valence-electron chi connectivity index (χ2n) is 5.95. The normalized spacial score (nSPS) is 18.0. The molecule has 6 nitrogen and oxygen atoms in total. The third-order valence-electron chi connectivity index (χ3n) is 4.12. The summed E-state index contributed by atoms with van der Waals surface area (Å²) in [7, 11) is 0. The number of aryl methyl sites for hydroxylation is 1. The van der Waals surface area contributed by atoms with Crippen LogP contribution < -0.4 is 4.90 Å². The number of ether oxygens (including phenoxy) is 1. The molecule has 1 aromatic carbocycles. The van der Waals surface area contributed by atoms with Crippen LogP contribution >= 0.6 is 0 Å². The summed E-state index contributed by atoms with van der Waals surface area (Å²) in [5.74, 6) is 0.183. The van der Waals surface area contributed by atoms with E-state index in [1.807, 2.05) is 0 Å². The van der Waals surface area contributed by atoms with E-state index in [0.717, 1.165) is 5.56 Å². The molecule has 0 amide bonds. The van der Waals surface area contributed by atoms with Crippen LogP contribution in [0.2, 0.25) is 0 Å². The Morgan fingerprint density at radius 1 is 1.32 bits per heavy atom. The molecule has 1 aliphatic rings. The van der Waals surface area contributed by atoms with E-state index in [-0.39, 0.29) is 35.3 Å². The molecule has 2 aromatic rings. The highest BCUT2D eigenvalue weighted by Gasteiger charge is 2.25. The van der Waals surface area contributed by atoms with Gasteiger partial charge in [-0.15, -0.1) is 10.2 Å². The fourth-order valence-electron chi connectivity index (χ4n) is 2.81. The third kappa shape index (κ3) is 3.69. The lowest BCUT2D eigenvalue weighted by molar-refractivity contribution is 0.00330. The van der Waals surface area contributed by atoms with Crippen LogP contribution in [0.1, 0.15) is 17.6 Å². The van der Waals surface area contributed by atoms with Crippen molar-refractivity contribution in [3.8, 4) is 17.0 Å². The molecule has 8 heteroatoms. The Morgan fingerprint density at radius 2 is 2.12 bits per heavy atom. The van der Waals surface area contributed by atoms with Gasteiger partial charge in [0.25, 0.3) is 6.43 Å². The van der Waals surface area contributed by atoms with Gasteiger partial charge in [-0.2, -0.15) is 0 Å². The van der Waals surface area contributed by atoms with Gasteiger partial charge in [0.1, 0.15) is 11.4 Å². The predicted molar refractivity (Wildman–Crippen MR) is 87.9 cm³/mol. The summed E-state index contributed by atoms with van der Waals surface area (Å²) in [6.45, 7) is 2.84. The summed E-state index contributed by atoms with van der Waals surface area (Å²) in [4.78, 5) is 1.75. The van der Waals surface area contributed by atoms with Crippen LogP contribution in [0, 0.1) is 6.92 Å². The fraction of sp³-hybridized carbons (Fsp3) is 0.412. The van der Waals surface area contributed by atoms with Crippen LogP contribution in [0.4, 0.5) is 14.6 Å². The Kier molecular flexibility index (Phi) is 5.10. The lowest BCUT2D eigenvalue weighted by atomic mass is 10.0. The van der Waals surface area contributed by atoms with Crippen molar-refractivity contribution in [3.63, 3.8) is 0 Å². The monoisotopic (exact) mass is 351 g/mol. The van der Waals surface area contributed by atoms with Crippen LogP contribution in [-0.4, -0.2) is 52.8 Å². The lowest BCUT2D eigenvalue weighted by Gasteiger charge is -2.32. The number of nitrogens with zero attached hydrogens (tertiary/aromatic N) is 3. The Bertz CT molecular complexity index is 758. The number of halogens is 2. The highest BCUT2D eigenvalue weighted by molar-refractivity contribution is 5.71. The van der Waals surface area contributed by atoms with Crippen molar-refractivity contribution in [1.29, 1.82) is 0 Å². The van der Waals surface area contributed by atoms with E-state index in [1.54, 1.807) is 24.0 Å². The molecule has 1 fully saturated rings. The highest BCUT2D eigenvalue weighted by Crippen LogP contribution is 2.36. The topological polar surface area (TPSA) is 78.7 Å². The quantitative estimate of drug-likeness (QED) is 0.880. The Labute approximate surface area is 143 Å². The fourth-order valence-corrected chi connectivity index (χ4v) is 2.81. The molecule has 1 aliphatic heterocycles. The predicted octanol–water partition coefficient (Wildman–Crippen LogP) is 2.29. The SMILES string of the molecule is Cc1ccc(-c2nnc(N3CCO[C@H](CO)C3)cc2C(F)F)c(O)c1. The molecule has 0 bridgehead atoms. The zero-order chi connectivity index (χ0) is 18.0. The number of rotatable bonds is 4. The van der Waals surface area contributed by atoms with E-state index in [1.165, 1.54) is 12.1 Å². The van der Waals surface area contributed by atoms with Crippen molar-refractivity contribution >= 4 is 5.82 Å². The number of hydrogen-bond donors (Lipinski definition) is 2. The molecule has 3 rings (SSSR count). The van der Waals surface area contributed by atoms with Gasteiger partial charge in [-0.05, 0) is 30.7 Å². The summed E-state index contributed by atoms with van der Waals surface area (Å²) >= 11 is 0. The second kappa shape index (κ2) is 7.28. The van der Waals surface area contributed by atoms with Crippen LogP contribution in [0.3, 0.4) is 0 Å². The van der Waals surface area contributed by atoms with Crippen molar-refractivity contribution in [2.24, 2.45) is 0 Å². The van der Waals surface area contributed by atoms with E-state index in [0.29, 0.717) is 25.5 Å². The molecule has 0 spiro atoms. The van der Waals surface area contributed by atoms with Crippen LogP contribution in [0.25, 0.3) is 11.3 Å². The molecule has 25 heavy (non-hydrogen) atoms. The molecule has 0 unspecified atom stereocenters. The smallest absolute Gasteiger partial charge is 0.266 e. The van der Waals surface area contributed by atoms with Gasteiger partial charge in [0.2, 0.25) is 0 Å². The van der Waals surface area contributed by atoms with Gasteiger partial charge in [0.15, 0.2) is 5.82 Å². The molecular weight excluding hydrogens is 332 g/mol. The van der Waals surface area contributed by atoms with Gasteiger partial charge in [-0.25, -0.2) is 8.78 Å². The van der Waals surface area contributed by atoms with E-state index in [9.17, 15) is 19.0 Å². The van der Waals surface area contributed by atoms with Gasteiger partial charge in [0.05, 0.1) is 19.3 Å². The number of phenolic OH excluding ortho intramolecular Hbond substituents is 1. The summed E-state index contributed by atoms with van der Waals surface area (Å²) in [5.41, 5.74) is 0.697. The molecule has 2 N–H and O–H groups in total. The van der Waals surface area contributed by atoms with Crippen LogP contribution in [-0.2, 0) is 4.74 Å². The lowest BCUT2D eigenvalue weighted by Crippen LogP contribution is -2.44. The van der Waals surface area contributed by atoms with Crippen molar-refractivity contribution in [2.45, 2.75) is 19.5 Å². The molecule has 134 valence electrons. The van der Waals surface area contributed by atoms with Crippen molar-refractivity contribution in [3.05, 3.63) is 35.4 Å². The molecule has 2 heterocycles. The summed E-state index contributed by atoms with van der Waals surface area (Å²) in [6.07, 6.45) is -3.15. The largest absolute Gasteiger partial charge is 0.507 e. The number of alkyl halides is 2. The van der Waals surface area contributed by atoms with Crippen molar-refractivity contribution in [1.82, 2.24) is 10.2 Å². The van der Waals surface area contributed by atoms with Crippen LogP contribution in [0.5, 0.6) is 5.75 Å². The van der Waals surface area contributed by atoms with Crippen LogP contribution in [0.15, 0.2) is 24.3 Å². The molecule has 0 aliphatic carbocycles. The number of aliphatic hydroxyl groups is 1. The minimum atomic E-state index is -2.76. The maximum absolute atomic E-state index is 13.6. The van der Waals surface area contributed by atoms with E-state index < -0.39 is 6.43 Å². The number of morpholine rings is 1. The van der Waals surface area contributed by atoms with Gasteiger partial charge in [-0.3, -0.25) is 0 Å². The minimum absolute atomic E-state index is 0.0387. The Balaban J connectivity index is 1.98. The molecular formula is C17H19F2N3O3. The summed E-state index contributed by atoms with van der Waals surface area (Å²) in [6, 6.07) is 6.05. The standard InChI is InChI=1S/C17H19F2N3O3/c1-10-2-3-12(14(24)6-10)16-13(17(18)19)7-15(20-21-16)22-4-5-25-11(8-22)9-23/h2-3,6-7,11,17,23-24H,4-5,8-9H2,1H3/t11-/m0/s1. The van der Waals surface area contributed by atoms with Crippen molar-refractivity contribution < 1.29 is 23.7 Å². The number of aromatic nitrogens is 2. The van der Waals surface area contributed by atoms with E-state index >= 15 is 0 Å². The summed E-state index contributed by atoms with van der Waals surface area (Å²) < 4.78 is 32.5. The number of aliphatic hydroxyl groups excluding tert-OH is 1. The van der Waals surface area contributed by atoms with Gasteiger partial charge >= 0.3 is 0 Å². The average molecular weight is 351 g/mol. The first-order chi connectivity index (χ1) is 12.0. The van der Waals surface area contributed by atoms with E-state index in [2.05, 4.69) is 10.2 Å². The second-order valence-corrected chi connectivity index (χ2v) is 5.95. The molecule has 1 saturated heterocycles. The molecule has 0 radical (unpaired) electrons. The minimum Gasteiger partial charge on any atom is -0.507 e. The number of phenols is 1. The van der Waals surface area contributed by atoms with E-state index in [4.69, 9.17) is 4.74 Å². The zero-order valence-corrected chi connectivity index (χ0v) is 13.7. The van der Waals surface area contributed by atoms with Gasteiger partial charge in [-0.1, -0.05) is 6.07 Å². The molecule has 1 atom stereocenters. The Morgan fingerprint density at radius 3 is 2.80 bits per heavy atom. The summed E-state index contributed by atoms with van der Waals surface area (Å²) in [5, 5.41) is 27.3. The highest BCUT2D eigenvalue weighted by atomic mass is 19.3. The molecule has 1 aromatic heterocycles. The maximum atomic E-state index is 13.6. The number of anilines is 1. The maximum Gasteiger partial charge on any atom is 0.266 e.